The Labute approximate surface area is 180 Å². The van der Waals surface area contributed by atoms with Crippen molar-refractivity contribution >= 4 is 35.0 Å². The highest BCUT2D eigenvalue weighted by atomic mass is 32.2. The molecule has 1 aliphatic rings. The first kappa shape index (κ1) is 20.0. The zero-order chi connectivity index (χ0) is 20.9. The second-order valence-corrected chi connectivity index (χ2v) is 8.03. The normalized spacial score (nSPS) is 15.8. The van der Waals surface area contributed by atoms with E-state index in [9.17, 15) is 9.59 Å². The van der Waals surface area contributed by atoms with Gasteiger partial charge in [0.25, 0.3) is 0 Å². The smallest absolute Gasteiger partial charge is 0.238 e. The molecule has 4 rings (SSSR count). The van der Waals surface area contributed by atoms with Gasteiger partial charge < -0.3 is 10.1 Å². The zero-order valence-electron chi connectivity index (χ0n) is 16.6. The summed E-state index contributed by atoms with van der Waals surface area (Å²) in [5.41, 5.74) is 3.49. The molecule has 6 heteroatoms. The van der Waals surface area contributed by atoms with E-state index in [-0.39, 0.29) is 17.2 Å². The van der Waals surface area contributed by atoms with Crippen LogP contribution in [-0.4, -0.2) is 24.7 Å². The Balaban J connectivity index is 1.51. The second kappa shape index (κ2) is 9.05. The fraction of sp³-hybridized carbons (Fsp3) is 0.167. The lowest BCUT2D eigenvalue weighted by molar-refractivity contribution is -0.116. The number of hydrogen-bond donors (Lipinski definition) is 1. The number of carbonyl (C=O) groups is 2. The van der Waals surface area contributed by atoms with Gasteiger partial charge in [-0.15, -0.1) is 11.8 Å². The maximum absolute atomic E-state index is 12.6. The summed E-state index contributed by atoms with van der Waals surface area (Å²) in [7, 11) is 1.62. The first-order valence-electron chi connectivity index (χ1n) is 9.65. The van der Waals surface area contributed by atoms with Gasteiger partial charge in [-0.25, -0.2) is 0 Å². The average Bonchev–Trinajstić information content (AvgIpc) is 3.16. The summed E-state index contributed by atoms with van der Waals surface area (Å²) in [6, 6.07) is 24.8. The Morgan fingerprint density at radius 1 is 1.07 bits per heavy atom. The molecule has 0 saturated carbocycles. The standard InChI is InChI=1S/C24H22N2O3S/c1-29-21-12-10-20(11-13-21)26-23(28)16-30-24(26)18-8-5-9-19(15-18)25-22(27)14-17-6-3-2-4-7-17/h2-13,15,24H,14,16H2,1H3,(H,25,27)/t24-/m0/s1. The number of benzene rings is 3. The molecular weight excluding hydrogens is 396 g/mol. The van der Waals surface area contributed by atoms with E-state index in [1.54, 1.807) is 23.8 Å². The van der Waals surface area contributed by atoms with Crippen molar-refractivity contribution in [2.24, 2.45) is 0 Å². The van der Waals surface area contributed by atoms with Crippen LogP contribution in [0.4, 0.5) is 11.4 Å². The van der Waals surface area contributed by atoms with E-state index in [0.717, 1.165) is 28.3 Å². The van der Waals surface area contributed by atoms with Crippen LogP contribution in [0.2, 0.25) is 0 Å². The molecule has 0 unspecified atom stereocenters. The Morgan fingerprint density at radius 3 is 2.57 bits per heavy atom. The molecule has 1 N–H and O–H groups in total. The van der Waals surface area contributed by atoms with Gasteiger partial charge in [-0.2, -0.15) is 0 Å². The highest BCUT2D eigenvalue weighted by Crippen LogP contribution is 2.42. The summed E-state index contributed by atoms with van der Waals surface area (Å²) in [6.07, 6.45) is 0.319. The molecular formula is C24H22N2O3S. The zero-order valence-corrected chi connectivity index (χ0v) is 17.4. The van der Waals surface area contributed by atoms with E-state index in [2.05, 4.69) is 5.32 Å². The third-order valence-corrected chi connectivity index (χ3v) is 6.09. The van der Waals surface area contributed by atoms with Crippen molar-refractivity contribution in [2.75, 3.05) is 23.1 Å². The van der Waals surface area contributed by atoms with Crippen LogP contribution in [0, 0.1) is 0 Å². The van der Waals surface area contributed by atoms with E-state index < -0.39 is 0 Å². The number of thioether (sulfide) groups is 1. The molecule has 1 heterocycles. The molecule has 1 atom stereocenters. The third kappa shape index (κ3) is 4.49. The van der Waals surface area contributed by atoms with Crippen molar-refractivity contribution in [3.05, 3.63) is 90.0 Å². The number of nitrogens with one attached hydrogen (secondary N) is 1. The lowest BCUT2D eigenvalue weighted by Crippen LogP contribution is -2.27. The molecule has 3 aromatic carbocycles. The molecule has 0 aliphatic carbocycles. The number of ether oxygens (including phenoxy) is 1. The number of nitrogens with zero attached hydrogens (tertiary/aromatic N) is 1. The van der Waals surface area contributed by atoms with Gasteiger partial charge in [-0.05, 0) is 47.5 Å². The van der Waals surface area contributed by atoms with Crippen molar-refractivity contribution in [3.8, 4) is 5.75 Å². The number of carbonyl (C=O) groups excluding carboxylic acids is 2. The minimum absolute atomic E-state index is 0.0636. The summed E-state index contributed by atoms with van der Waals surface area (Å²) in [6.45, 7) is 0. The van der Waals surface area contributed by atoms with Crippen molar-refractivity contribution in [1.82, 2.24) is 0 Å². The highest BCUT2D eigenvalue weighted by Gasteiger charge is 2.34. The molecule has 2 amide bonds. The minimum Gasteiger partial charge on any atom is -0.497 e. The van der Waals surface area contributed by atoms with Gasteiger partial charge in [0.2, 0.25) is 11.8 Å². The molecule has 0 radical (unpaired) electrons. The first-order valence-corrected chi connectivity index (χ1v) is 10.7. The number of rotatable bonds is 6. The third-order valence-electron chi connectivity index (χ3n) is 4.88. The van der Waals surface area contributed by atoms with Gasteiger partial charge in [-0.1, -0.05) is 42.5 Å². The second-order valence-electron chi connectivity index (χ2n) is 6.96. The van der Waals surface area contributed by atoms with Crippen molar-refractivity contribution in [3.63, 3.8) is 0 Å². The molecule has 30 heavy (non-hydrogen) atoms. The molecule has 0 aromatic heterocycles. The molecule has 1 aliphatic heterocycles. The van der Waals surface area contributed by atoms with Crippen LogP contribution >= 0.6 is 11.8 Å². The summed E-state index contributed by atoms with van der Waals surface area (Å²) in [4.78, 5) is 26.8. The van der Waals surface area contributed by atoms with Gasteiger partial charge in [0.15, 0.2) is 0 Å². The topological polar surface area (TPSA) is 58.6 Å². The van der Waals surface area contributed by atoms with E-state index >= 15 is 0 Å². The highest BCUT2D eigenvalue weighted by molar-refractivity contribution is 8.00. The van der Waals surface area contributed by atoms with Crippen molar-refractivity contribution in [2.45, 2.75) is 11.8 Å². The fourth-order valence-electron chi connectivity index (χ4n) is 3.45. The van der Waals surface area contributed by atoms with Crippen LogP contribution in [0.1, 0.15) is 16.5 Å². The van der Waals surface area contributed by atoms with Gasteiger partial charge in [0.1, 0.15) is 11.1 Å². The molecule has 1 fully saturated rings. The number of hydrogen-bond acceptors (Lipinski definition) is 4. The SMILES string of the molecule is COc1ccc(N2C(=O)CS[C@H]2c2cccc(NC(=O)Cc3ccccc3)c2)cc1. The Bertz CT molecular complexity index is 1040. The molecule has 0 spiro atoms. The fourth-order valence-corrected chi connectivity index (χ4v) is 4.62. The van der Waals surface area contributed by atoms with Crippen LogP contribution in [0.5, 0.6) is 5.75 Å². The molecule has 152 valence electrons. The van der Waals surface area contributed by atoms with Gasteiger partial charge >= 0.3 is 0 Å². The van der Waals surface area contributed by atoms with Gasteiger partial charge in [0, 0.05) is 11.4 Å². The van der Waals surface area contributed by atoms with Crippen LogP contribution < -0.4 is 15.0 Å². The molecule has 5 nitrogen and oxygen atoms in total. The van der Waals surface area contributed by atoms with Crippen molar-refractivity contribution < 1.29 is 14.3 Å². The number of amides is 2. The quantitative estimate of drug-likeness (QED) is 0.633. The Morgan fingerprint density at radius 2 is 1.83 bits per heavy atom. The van der Waals surface area contributed by atoms with Crippen molar-refractivity contribution in [1.29, 1.82) is 0 Å². The van der Waals surface area contributed by atoms with E-state index in [1.807, 2.05) is 78.9 Å². The predicted molar refractivity (Wildman–Crippen MR) is 121 cm³/mol. The van der Waals surface area contributed by atoms with E-state index in [0.29, 0.717) is 12.2 Å². The summed E-state index contributed by atoms with van der Waals surface area (Å²) < 4.78 is 5.22. The molecule has 3 aromatic rings. The minimum atomic E-state index is -0.142. The monoisotopic (exact) mass is 418 g/mol. The Kier molecular flexibility index (Phi) is 6.05. The van der Waals surface area contributed by atoms with Gasteiger partial charge in [0.05, 0.1) is 19.3 Å². The van der Waals surface area contributed by atoms with E-state index in [1.165, 1.54) is 0 Å². The maximum Gasteiger partial charge on any atom is 0.238 e. The molecule has 1 saturated heterocycles. The average molecular weight is 419 g/mol. The van der Waals surface area contributed by atoms with Crippen LogP contribution in [0.15, 0.2) is 78.9 Å². The largest absolute Gasteiger partial charge is 0.497 e. The number of anilines is 2. The summed E-state index contributed by atoms with van der Waals surface area (Å²) in [5.74, 6) is 1.16. The van der Waals surface area contributed by atoms with Crippen LogP contribution in [-0.2, 0) is 16.0 Å². The predicted octanol–water partition coefficient (Wildman–Crippen LogP) is 4.66. The van der Waals surface area contributed by atoms with Crippen LogP contribution in [0.3, 0.4) is 0 Å². The lowest BCUT2D eigenvalue weighted by atomic mass is 10.1. The van der Waals surface area contributed by atoms with E-state index in [4.69, 9.17) is 4.74 Å². The summed E-state index contributed by atoms with van der Waals surface area (Å²) in [5, 5.41) is 2.83. The number of methoxy groups -OCH3 is 1. The first-order chi connectivity index (χ1) is 14.6. The Hall–Kier alpha value is -3.25. The summed E-state index contributed by atoms with van der Waals surface area (Å²) >= 11 is 1.58. The maximum atomic E-state index is 12.6. The van der Waals surface area contributed by atoms with Gasteiger partial charge in [-0.3, -0.25) is 14.5 Å². The van der Waals surface area contributed by atoms with Crippen LogP contribution in [0.25, 0.3) is 0 Å². The lowest BCUT2D eigenvalue weighted by Gasteiger charge is -2.25. The molecule has 0 bridgehead atoms.